The Bertz CT molecular complexity index is 325. The molecule has 0 radical (unpaired) electrons. The van der Waals surface area contributed by atoms with Gasteiger partial charge in [-0.05, 0) is 24.6 Å². The lowest BCUT2D eigenvalue weighted by Crippen LogP contribution is -1.99. The van der Waals surface area contributed by atoms with E-state index in [1.165, 1.54) is 0 Å². The van der Waals surface area contributed by atoms with Crippen molar-refractivity contribution in [2.75, 3.05) is 13.2 Å². The minimum Gasteiger partial charge on any atom is -0.346 e. The van der Waals surface area contributed by atoms with Gasteiger partial charge in [0.05, 0.1) is 18.2 Å². The Balaban J connectivity index is 2.34. The van der Waals surface area contributed by atoms with E-state index in [0.29, 0.717) is 18.8 Å². The van der Waals surface area contributed by atoms with Crippen LogP contribution >= 0.6 is 11.6 Å². The number of benzene rings is 1. The topological polar surface area (TPSA) is 18.5 Å². The first-order valence-electron chi connectivity index (χ1n) is 4.37. The monoisotopic (exact) mass is 216 g/mol. The highest BCUT2D eigenvalue weighted by Crippen LogP contribution is 2.28. The molecule has 0 N–H and O–H groups in total. The molecular formula is C10H10ClFO2. The Morgan fingerprint density at radius 2 is 2.00 bits per heavy atom. The third-order valence-corrected chi connectivity index (χ3v) is 2.40. The van der Waals surface area contributed by atoms with Gasteiger partial charge < -0.3 is 9.47 Å². The van der Waals surface area contributed by atoms with Crippen molar-refractivity contribution in [3.05, 3.63) is 34.1 Å². The SMILES string of the molecule is Cc1cc(C2OCCO2)cc(Cl)c1F. The van der Waals surface area contributed by atoms with Gasteiger partial charge in [0.2, 0.25) is 0 Å². The van der Waals surface area contributed by atoms with Crippen molar-refractivity contribution in [3.8, 4) is 0 Å². The predicted molar refractivity (Wildman–Crippen MR) is 50.8 cm³/mol. The van der Waals surface area contributed by atoms with Crippen LogP contribution in [0.1, 0.15) is 17.4 Å². The number of rotatable bonds is 1. The summed E-state index contributed by atoms with van der Waals surface area (Å²) in [5.41, 5.74) is 1.28. The molecule has 0 saturated carbocycles. The van der Waals surface area contributed by atoms with E-state index in [0.717, 1.165) is 5.56 Å². The summed E-state index contributed by atoms with van der Waals surface area (Å²) in [6, 6.07) is 3.23. The smallest absolute Gasteiger partial charge is 0.184 e. The minimum absolute atomic E-state index is 0.110. The molecule has 0 amide bonds. The Hall–Kier alpha value is -0.640. The van der Waals surface area contributed by atoms with Gasteiger partial charge in [0, 0.05) is 5.56 Å². The molecule has 1 heterocycles. The van der Waals surface area contributed by atoms with Crippen LogP contribution in [-0.4, -0.2) is 13.2 Å². The van der Waals surface area contributed by atoms with Crippen LogP contribution in [0.3, 0.4) is 0 Å². The lowest BCUT2D eigenvalue weighted by atomic mass is 10.1. The summed E-state index contributed by atoms with van der Waals surface area (Å²) >= 11 is 5.71. The Morgan fingerprint density at radius 3 is 2.57 bits per heavy atom. The molecule has 1 aliphatic rings. The van der Waals surface area contributed by atoms with Gasteiger partial charge in [-0.3, -0.25) is 0 Å². The summed E-state index contributed by atoms with van der Waals surface area (Å²) in [7, 11) is 0. The van der Waals surface area contributed by atoms with E-state index in [4.69, 9.17) is 21.1 Å². The maximum absolute atomic E-state index is 13.2. The molecule has 2 rings (SSSR count). The average Bonchev–Trinajstić information content (AvgIpc) is 2.66. The van der Waals surface area contributed by atoms with Crippen LogP contribution in [0, 0.1) is 12.7 Å². The number of halogens is 2. The summed E-state index contributed by atoms with van der Waals surface area (Å²) in [5.74, 6) is -0.381. The van der Waals surface area contributed by atoms with Crippen LogP contribution in [0.25, 0.3) is 0 Å². The van der Waals surface area contributed by atoms with Crippen molar-refractivity contribution in [1.82, 2.24) is 0 Å². The molecule has 1 aromatic carbocycles. The van der Waals surface area contributed by atoms with E-state index < -0.39 is 6.29 Å². The molecule has 76 valence electrons. The van der Waals surface area contributed by atoms with Crippen LogP contribution in [-0.2, 0) is 9.47 Å². The molecule has 1 aliphatic heterocycles. The second-order valence-electron chi connectivity index (χ2n) is 3.21. The molecule has 1 fully saturated rings. The Kier molecular flexibility index (Phi) is 2.72. The molecular weight excluding hydrogens is 207 g/mol. The third-order valence-electron chi connectivity index (χ3n) is 2.13. The maximum atomic E-state index is 13.2. The normalized spacial score (nSPS) is 17.6. The van der Waals surface area contributed by atoms with Gasteiger partial charge >= 0.3 is 0 Å². The van der Waals surface area contributed by atoms with Gasteiger partial charge in [-0.25, -0.2) is 4.39 Å². The first-order chi connectivity index (χ1) is 6.68. The summed E-state index contributed by atoms with van der Waals surface area (Å²) < 4.78 is 23.8. The molecule has 0 unspecified atom stereocenters. The summed E-state index contributed by atoms with van der Waals surface area (Å²) in [4.78, 5) is 0. The number of hydrogen-bond acceptors (Lipinski definition) is 2. The Morgan fingerprint density at radius 1 is 1.36 bits per heavy atom. The van der Waals surface area contributed by atoms with Gasteiger partial charge in [-0.15, -0.1) is 0 Å². The summed E-state index contributed by atoms with van der Waals surface area (Å²) in [6.45, 7) is 2.80. The van der Waals surface area contributed by atoms with Crippen molar-refractivity contribution < 1.29 is 13.9 Å². The summed E-state index contributed by atoms with van der Waals surface area (Å²) in [6.07, 6.45) is -0.396. The molecule has 0 aliphatic carbocycles. The summed E-state index contributed by atoms with van der Waals surface area (Å²) in [5, 5.41) is 0.110. The highest BCUT2D eigenvalue weighted by atomic mass is 35.5. The van der Waals surface area contributed by atoms with E-state index >= 15 is 0 Å². The second kappa shape index (κ2) is 3.85. The van der Waals surface area contributed by atoms with Gasteiger partial charge in [-0.2, -0.15) is 0 Å². The zero-order valence-electron chi connectivity index (χ0n) is 7.72. The molecule has 0 bridgehead atoms. The molecule has 14 heavy (non-hydrogen) atoms. The fourth-order valence-electron chi connectivity index (χ4n) is 1.44. The highest BCUT2D eigenvalue weighted by Gasteiger charge is 2.20. The van der Waals surface area contributed by atoms with Crippen molar-refractivity contribution in [3.63, 3.8) is 0 Å². The molecule has 1 aromatic rings. The van der Waals surface area contributed by atoms with Crippen LogP contribution in [0.4, 0.5) is 4.39 Å². The highest BCUT2D eigenvalue weighted by molar-refractivity contribution is 6.30. The van der Waals surface area contributed by atoms with Gasteiger partial charge in [0.15, 0.2) is 6.29 Å². The second-order valence-corrected chi connectivity index (χ2v) is 3.61. The lowest BCUT2D eigenvalue weighted by Gasteiger charge is -2.11. The van der Waals surface area contributed by atoms with Crippen molar-refractivity contribution in [2.24, 2.45) is 0 Å². The fourth-order valence-corrected chi connectivity index (χ4v) is 1.72. The largest absolute Gasteiger partial charge is 0.346 e. The van der Waals surface area contributed by atoms with Crippen LogP contribution in [0.2, 0.25) is 5.02 Å². The molecule has 0 atom stereocenters. The number of hydrogen-bond donors (Lipinski definition) is 0. The van der Waals surface area contributed by atoms with Gasteiger partial charge in [0.1, 0.15) is 5.82 Å². The van der Waals surface area contributed by atoms with Crippen molar-refractivity contribution in [1.29, 1.82) is 0 Å². The van der Waals surface area contributed by atoms with E-state index in [1.807, 2.05) is 0 Å². The standard InChI is InChI=1S/C10H10ClFO2/c1-6-4-7(5-8(11)9(6)12)10-13-2-3-14-10/h4-5,10H,2-3H2,1H3. The first kappa shape index (κ1) is 9.90. The van der Waals surface area contributed by atoms with E-state index in [1.54, 1.807) is 19.1 Å². The van der Waals surface area contributed by atoms with Crippen molar-refractivity contribution >= 4 is 11.6 Å². The van der Waals surface area contributed by atoms with E-state index in [9.17, 15) is 4.39 Å². The molecule has 4 heteroatoms. The van der Waals surface area contributed by atoms with Crippen LogP contribution in [0.15, 0.2) is 12.1 Å². The quantitative estimate of drug-likeness (QED) is 0.719. The van der Waals surface area contributed by atoms with E-state index in [2.05, 4.69) is 0 Å². The van der Waals surface area contributed by atoms with Crippen LogP contribution < -0.4 is 0 Å². The molecule has 2 nitrogen and oxygen atoms in total. The van der Waals surface area contributed by atoms with Crippen molar-refractivity contribution in [2.45, 2.75) is 13.2 Å². The number of aryl methyl sites for hydroxylation is 1. The predicted octanol–water partition coefficient (Wildman–Crippen LogP) is 2.83. The zero-order valence-corrected chi connectivity index (χ0v) is 8.47. The Labute approximate surface area is 86.6 Å². The average molecular weight is 217 g/mol. The molecule has 0 aromatic heterocycles. The fraction of sp³-hybridized carbons (Fsp3) is 0.400. The maximum Gasteiger partial charge on any atom is 0.184 e. The minimum atomic E-state index is -0.396. The number of ether oxygens (including phenoxy) is 2. The molecule has 0 spiro atoms. The van der Waals surface area contributed by atoms with Gasteiger partial charge in [-0.1, -0.05) is 11.6 Å². The third kappa shape index (κ3) is 1.75. The van der Waals surface area contributed by atoms with Crippen LogP contribution in [0.5, 0.6) is 0 Å². The molecule has 1 saturated heterocycles. The zero-order chi connectivity index (χ0) is 10.1. The van der Waals surface area contributed by atoms with E-state index in [-0.39, 0.29) is 10.8 Å². The lowest BCUT2D eigenvalue weighted by molar-refractivity contribution is -0.0441. The first-order valence-corrected chi connectivity index (χ1v) is 4.75. The van der Waals surface area contributed by atoms with Gasteiger partial charge in [0.25, 0.3) is 0 Å².